The summed E-state index contributed by atoms with van der Waals surface area (Å²) in [6.07, 6.45) is 1.61. The number of carbonyl (C=O) groups is 1. The van der Waals surface area contributed by atoms with Crippen LogP contribution < -0.4 is 4.74 Å². The van der Waals surface area contributed by atoms with E-state index in [1.54, 1.807) is 34.9 Å². The molecule has 1 aromatic carbocycles. The molecule has 1 N–H and O–H groups in total. The number of hydrogen-bond donors (Lipinski definition) is 1. The van der Waals surface area contributed by atoms with Gasteiger partial charge in [0.1, 0.15) is 12.4 Å². The van der Waals surface area contributed by atoms with Crippen LogP contribution >= 0.6 is 11.6 Å². The van der Waals surface area contributed by atoms with Crippen LogP contribution in [0.4, 0.5) is 0 Å². The van der Waals surface area contributed by atoms with E-state index in [4.69, 9.17) is 21.4 Å². The van der Waals surface area contributed by atoms with E-state index in [0.29, 0.717) is 22.2 Å². The highest BCUT2D eigenvalue weighted by Crippen LogP contribution is 2.17. The topological polar surface area (TPSA) is 76.7 Å². The van der Waals surface area contributed by atoms with Crippen molar-refractivity contribution in [3.63, 3.8) is 0 Å². The fraction of sp³-hybridized carbons (Fsp3) is 0.0714. The summed E-state index contributed by atoms with van der Waals surface area (Å²) in [5, 5.41) is 17.5. The SMILES string of the molecule is O=C(O)c1ccn2c(COc3ccc(Cl)cc3)nnc2c1. The van der Waals surface area contributed by atoms with Gasteiger partial charge in [0.05, 0.1) is 5.56 Å². The van der Waals surface area contributed by atoms with E-state index in [0.717, 1.165) is 0 Å². The summed E-state index contributed by atoms with van der Waals surface area (Å²) in [4.78, 5) is 10.9. The molecule has 0 spiro atoms. The summed E-state index contributed by atoms with van der Waals surface area (Å²) in [6, 6.07) is 9.93. The van der Waals surface area contributed by atoms with E-state index < -0.39 is 5.97 Å². The number of pyridine rings is 1. The van der Waals surface area contributed by atoms with Crippen LogP contribution in [0.15, 0.2) is 42.6 Å². The Morgan fingerprint density at radius 1 is 1.24 bits per heavy atom. The second-order valence-electron chi connectivity index (χ2n) is 4.31. The van der Waals surface area contributed by atoms with Crippen molar-refractivity contribution in [1.29, 1.82) is 0 Å². The van der Waals surface area contributed by atoms with Gasteiger partial charge in [0.25, 0.3) is 0 Å². The van der Waals surface area contributed by atoms with E-state index in [1.165, 1.54) is 12.1 Å². The van der Waals surface area contributed by atoms with E-state index in [-0.39, 0.29) is 12.2 Å². The van der Waals surface area contributed by atoms with E-state index in [2.05, 4.69) is 10.2 Å². The Morgan fingerprint density at radius 3 is 2.71 bits per heavy atom. The molecule has 0 aliphatic carbocycles. The van der Waals surface area contributed by atoms with Gasteiger partial charge in [0, 0.05) is 11.2 Å². The maximum Gasteiger partial charge on any atom is 0.335 e. The first-order chi connectivity index (χ1) is 10.1. The second-order valence-corrected chi connectivity index (χ2v) is 4.74. The number of nitrogens with zero attached hydrogens (tertiary/aromatic N) is 3. The molecule has 106 valence electrons. The summed E-state index contributed by atoms with van der Waals surface area (Å²) in [6.45, 7) is 0.217. The van der Waals surface area contributed by atoms with Gasteiger partial charge in [-0.2, -0.15) is 0 Å². The van der Waals surface area contributed by atoms with Gasteiger partial charge in [-0.25, -0.2) is 4.79 Å². The maximum atomic E-state index is 10.9. The minimum Gasteiger partial charge on any atom is -0.486 e. The van der Waals surface area contributed by atoms with Crippen LogP contribution in [0.3, 0.4) is 0 Å². The Bertz CT molecular complexity index is 799. The van der Waals surface area contributed by atoms with Gasteiger partial charge in [0.2, 0.25) is 0 Å². The quantitative estimate of drug-likeness (QED) is 0.802. The summed E-state index contributed by atoms with van der Waals surface area (Å²) in [7, 11) is 0. The number of carboxylic acids is 1. The lowest BCUT2D eigenvalue weighted by Gasteiger charge is -2.05. The van der Waals surface area contributed by atoms with Gasteiger partial charge >= 0.3 is 5.97 Å². The lowest BCUT2D eigenvalue weighted by Crippen LogP contribution is -2.02. The molecule has 0 fully saturated rings. The van der Waals surface area contributed by atoms with Crippen molar-refractivity contribution in [2.75, 3.05) is 0 Å². The third kappa shape index (κ3) is 2.80. The fourth-order valence-electron chi connectivity index (χ4n) is 1.85. The van der Waals surface area contributed by atoms with Crippen molar-refractivity contribution < 1.29 is 14.6 Å². The van der Waals surface area contributed by atoms with Crippen LogP contribution in [0.1, 0.15) is 16.2 Å². The number of aromatic nitrogens is 3. The second kappa shape index (κ2) is 5.41. The molecule has 7 heteroatoms. The standard InChI is InChI=1S/C14H10ClN3O3/c15-10-1-3-11(4-2-10)21-8-13-17-16-12-7-9(14(19)20)5-6-18(12)13/h1-7H,8H2,(H,19,20). The van der Waals surface area contributed by atoms with Gasteiger partial charge in [0.15, 0.2) is 11.5 Å². The largest absolute Gasteiger partial charge is 0.486 e. The van der Waals surface area contributed by atoms with Crippen molar-refractivity contribution in [3.8, 4) is 5.75 Å². The van der Waals surface area contributed by atoms with E-state index in [1.807, 2.05) is 0 Å². The molecular weight excluding hydrogens is 294 g/mol. The number of hydrogen-bond acceptors (Lipinski definition) is 4. The number of benzene rings is 1. The van der Waals surface area contributed by atoms with Gasteiger partial charge in [-0.1, -0.05) is 11.6 Å². The highest BCUT2D eigenvalue weighted by atomic mass is 35.5. The van der Waals surface area contributed by atoms with Crippen molar-refractivity contribution in [2.24, 2.45) is 0 Å². The van der Waals surface area contributed by atoms with Gasteiger partial charge < -0.3 is 9.84 Å². The molecule has 0 amide bonds. The molecular formula is C14H10ClN3O3. The Labute approximate surface area is 124 Å². The zero-order valence-electron chi connectivity index (χ0n) is 10.7. The predicted octanol–water partition coefficient (Wildman–Crippen LogP) is 2.66. The molecule has 0 saturated heterocycles. The van der Waals surface area contributed by atoms with Gasteiger partial charge in [-0.05, 0) is 36.4 Å². The van der Waals surface area contributed by atoms with Gasteiger partial charge in [-0.3, -0.25) is 4.40 Å². The first-order valence-electron chi connectivity index (χ1n) is 6.09. The minimum absolute atomic E-state index is 0.167. The lowest BCUT2D eigenvalue weighted by molar-refractivity contribution is 0.0697. The van der Waals surface area contributed by atoms with Crippen LogP contribution in [0.2, 0.25) is 5.02 Å². The number of ether oxygens (including phenoxy) is 1. The molecule has 0 atom stereocenters. The molecule has 0 saturated carbocycles. The molecule has 2 aromatic heterocycles. The van der Waals surface area contributed by atoms with Crippen LogP contribution in [-0.4, -0.2) is 25.7 Å². The number of halogens is 1. The molecule has 0 aliphatic rings. The first-order valence-corrected chi connectivity index (χ1v) is 6.46. The first kappa shape index (κ1) is 13.4. The number of rotatable bonds is 4. The molecule has 0 unspecified atom stereocenters. The molecule has 3 aromatic rings. The highest BCUT2D eigenvalue weighted by molar-refractivity contribution is 6.30. The molecule has 2 heterocycles. The zero-order chi connectivity index (χ0) is 14.8. The van der Waals surface area contributed by atoms with Crippen molar-refractivity contribution in [3.05, 3.63) is 59.0 Å². The highest BCUT2D eigenvalue weighted by Gasteiger charge is 2.09. The molecule has 0 radical (unpaired) electrons. The maximum absolute atomic E-state index is 10.9. The lowest BCUT2D eigenvalue weighted by atomic mass is 10.3. The third-order valence-electron chi connectivity index (χ3n) is 2.91. The summed E-state index contributed by atoms with van der Waals surface area (Å²) in [5.74, 6) is 0.245. The van der Waals surface area contributed by atoms with E-state index in [9.17, 15) is 4.79 Å². The zero-order valence-corrected chi connectivity index (χ0v) is 11.5. The molecule has 21 heavy (non-hydrogen) atoms. The van der Waals surface area contributed by atoms with Gasteiger partial charge in [-0.15, -0.1) is 10.2 Å². The van der Waals surface area contributed by atoms with E-state index >= 15 is 0 Å². The van der Waals surface area contributed by atoms with Crippen LogP contribution in [0.5, 0.6) is 5.75 Å². The van der Waals surface area contributed by atoms with Crippen LogP contribution in [-0.2, 0) is 6.61 Å². The van der Waals surface area contributed by atoms with Crippen LogP contribution in [0, 0.1) is 0 Å². The Kier molecular flexibility index (Phi) is 3.45. The molecule has 6 nitrogen and oxygen atoms in total. The molecule has 0 bridgehead atoms. The number of carboxylic acid groups (broad SMARTS) is 1. The van der Waals surface area contributed by atoms with Crippen LogP contribution in [0.25, 0.3) is 5.65 Å². The smallest absolute Gasteiger partial charge is 0.335 e. The van der Waals surface area contributed by atoms with Crippen molar-refractivity contribution >= 4 is 23.2 Å². The number of fused-ring (bicyclic) bond motifs is 1. The average molecular weight is 304 g/mol. The Hall–Kier alpha value is -2.60. The molecule has 3 rings (SSSR count). The fourth-order valence-corrected chi connectivity index (χ4v) is 1.98. The normalized spacial score (nSPS) is 10.7. The summed E-state index contributed by atoms with van der Waals surface area (Å²) >= 11 is 5.80. The Balaban J connectivity index is 1.81. The average Bonchev–Trinajstić information content (AvgIpc) is 2.89. The molecule has 0 aliphatic heterocycles. The minimum atomic E-state index is -1.00. The summed E-state index contributed by atoms with van der Waals surface area (Å²) in [5.41, 5.74) is 0.629. The van der Waals surface area contributed by atoms with Crippen molar-refractivity contribution in [2.45, 2.75) is 6.61 Å². The Morgan fingerprint density at radius 2 is 2.00 bits per heavy atom. The predicted molar refractivity (Wildman–Crippen MR) is 75.7 cm³/mol. The monoisotopic (exact) mass is 303 g/mol. The summed E-state index contributed by atoms with van der Waals surface area (Å²) < 4.78 is 7.28. The third-order valence-corrected chi connectivity index (χ3v) is 3.16. The van der Waals surface area contributed by atoms with Crippen molar-refractivity contribution in [1.82, 2.24) is 14.6 Å². The number of aromatic carboxylic acids is 1.